The molecule has 6 heteroatoms. The first-order chi connectivity index (χ1) is 10.7. The second-order valence-electron chi connectivity index (χ2n) is 5.76. The third-order valence-electron chi connectivity index (χ3n) is 4.31. The Morgan fingerprint density at radius 1 is 1.50 bits per heavy atom. The summed E-state index contributed by atoms with van der Waals surface area (Å²) in [6.07, 6.45) is 2.54. The van der Waals surface area contributed by atoms with Crippen LogP contribution in [0.1, 0.15) is 30.9 Å². The maximum atomic E-state index is 12.5. The zero-order valence-electron chi connectivity index (χ0n) is 12.6. The third-order valence-corrected chi connectivity index (χ3v) is 4.61. The van der Waals surface area contributed by atoms with Gasteiger partial charge in [0.05, 0.1) is 29.8 Å². The van der Waals surface area contributed by atoms with Crippen molar-refractivity contribution in [1.29, 1.82) is 0 Å². The van der Waals surface area contributed by atoms with Gasteiger partial charge in [-0.15, -0.1) is 0 Å². The van der Waals surface area contributed by atoms with Gasteiger partial charge in [0, 0.05) is 19.2 Å². The van der Waals surface area contributed by atoms with Crippen LogP contribution in [0.15, 0.2) is 18.2 Å². The summed E-state index contributed by atoms with van der Waals surface area (Å²) < 4.78 is 11.0. The smallest absolute Gasteiger partial charge is 0.237 e. The molecule has 120 valence electrons. The topological polar surface area (TPSA) is 59.6 Å². The first-order valence-corrected chi connectivity index (χ1v) is 8.04. The Kier molecular flexibility index (Phi) is 4.86. The average molecular weight is 325 g/mol. The molecule has 5 nitrogen and oxygen atoms in total. The van der Waals surface area contributed by atoms with Gasteiger partial charge in [0.15, 0.2) is 0 Å². The maximum absolute atomic E-state index is 12.5. The first-order valence-electron chi connectivity index (χ1n) is 7.67. The van der Waals surface area contributed by atoms with Gasteiger partial charge in [-0.1, -0.05) is 23.7 Å². The zero-order valence-corrected chi connectivity index (χ0v) is 13.4. The number of rotatable bonds is 3. The number of nitrogens with one attached hydrogen (secondary N) is 2. The molecule has 22 heavy (non-hydrogen) atoms. The van der Waals surface area contributed by atoms with Crippen molar-refractivity contribution in [1.82, 2.24) is 10.6 Å². The molecule has 0 aromatic heterocycles. The SMILES string of the molecule is CO[C@@H]1CN[C@@H](C(=O)NC2CCCOc3c(Cl)cccc32)C1. The lowest BCUT2D eigenvalue weighted by atomic mass is 10.0. The molecule has 1 unspecified atom stereocenters. The molecule has 1 aromatic rings. The summed E-state index contributed by atoms with van der Waals surface area (Å²) in [6.45, 7) is 1.33. The molecule has 0 aliphatic carbocycles. The summed E-state index contributed by atoms with van der Waals surface area (Å²) in [5, 5.41) is 6.93. The Hall–Kier alpha value is -1.30. The molecule has 3 atom stereocenters. The zero-order chi connectivity index (χ0) is 15.5. The van der Waals surface area contributed by atoms with E-state index in [0.29, 0.717) is 30.3 Å². The lowest BCUT2D eigenvalue weighted by Crippen LogP contribution is -2.42. The molecule has 2 N–H and O–H groups in total. The fourth-order valence-electron chi connectivity index (χ4n) is 3.07. The highest BCUT2D eigenvalue weighted by Crippen LogP contribution is 2.36. The van der Waals surface area contributed by atoms with Crippen LogP contribution < -0.4 is 15.4 Å². The van der Waals surface area contributed by atoms with Crippen molar-refractivity contribution in [2.75, 3.05) is 20.3 Å². The molecule has 1 amide bonds. The lowest BCUT2D eigenvalue weighted by Gasteiger charge is -2.21. The van der Waals surface area contributed by atoms with Crippen LogP contribution in [0, 0.1) is 0 Å². The van der Waals surface area contributed by atoms with E-state index >= 15 is 0 Å². The predicted octanol–water partition coefficient (Wildman–Crippen LogP) is 2.05. The van der Waals surface area contributed by atoms with Crippen molar-refractivity contribution >= 4 is 17.5 Å². The van der Waals surface area contributed by atoms with Crippen LogP contribution >= 0.6 is 11.6 Å². The number of benzene rings is 1. The Bertz CT molecular complexity index is 552. The van der Waals surface area contributed by atoms with Gasteiger partial charge in [0.25, 0.3) is 0 Å². The van der Waals surface area contributed by atoms with Crippen molar-refractivity contribution in [3.63, 3.8) is 0 Å². The standard InChI is InChI=1S/C16H21ClN2O3/c1-21-10-8-14(18-9-10)16(20)19-13-6-3-7-22-15-11(13)4-2-5-12(15)17/h2,4-5,10,13-14,18H,3,6-9H2,1H3,(H,19,20)/t10-,13?,14+/m0/s1. The molecule has 2 aliphatic heterocycles. The maximum Gasteiger partial charge on any atom is 0.237 e. The van der Waals surface area contributed by atoms with Gasteiger partial charge in [-0.3, -0.25) is 4.79 Å². The van der Waals surface area contributed by atoms with Gasteiger partial charge >= 0.3 is 0 Å². The highest BCUT2D eigenvalue weighted by molar-refractivity contribution is 6.32. The number of hydrogen-bond acceptors (Lipinski definition) is 4. The summed E-state index contributed by atoms with van der Waals surface area (Å²) in [6, 6.07) is 5.41. The van der Waals surface area contributed by atoms with E-state index in [2.05, 4.69) is 10.6 Å². The Balaban J connectivity index is 1.73. The molecular weight excluding hydrogens is 304 g/mol. The largest absolute Gasteiger partial charge is 0.492 e. The monoisotopic (exact) mass is 324 g/mol. The van der Waals surface area contributed by atoms with Gasteiger partial charge in [-0.25, -0.2) is 0 Å². The van der Waals surface area contributed by atoms with E-state index in [0.717, 1.165) is 18.4 Å². The average Bonchev–Trinajstić information content (AvgIpc) is 2.91. The Morgan fingerprint density at radius 3 is 3.14 bits per heavy atom. The van der Waals surface area contributed by atoms with Crippen molar-refractivity contribution < 1.29 is 14.3 Å². The number of methoxy groups -OCH3 is 1. The van der Waals surface area contributed by atoms with E-state index in [9.17, 15) is 4.79 Å². The summed E-state index contributed by atoms with van der Waals surface area (Å²) in [5.74, 6) is 0.707. The van der Waals surface area contributed by atoms with Crippen LogP contribution in [0.4, 0.5) is 0 Å². The summed E-state index contributed by atoms with van der Waals surface area (Å²) in [5.41, 5.74) is 0.958. The minimum Gasteiger partial charge on any atom is -0.492 e. The number of para-hydroxylation sites is 1. The van der Waals surface area contributed by atoms with E-state index in [1.807, 2.05) is 18.2 Å². The van der Waals surface area contributed by atoms with Crippen LogP contribution in [-0.4, -0.2) is 38.3 Å². The van der Waals surface area contributed by atoms with Crippen LogP contribution in [0.25, 0.3) is 0 Å². The minimum atomic E-state index is -0.197. The van der Waals surface area contributed by atoms with Gasteiger partial charge in [0.1, 0.15) is 5.75 Å². The molecule has 2 heterocycles. The number of hydrogen-bond donors (Lipinski definition) is 2. The number of carbonyl (C=O) groups is 1. The number of amides is 1. The van der Waals surface area contributed by atoms with E-state index in [4.69, 9.17) is 21.1 Å². The molecule has 3 rings (SSSR count). The van der Waals surface area contributed by atoms with Crippen LogP contribution in [-0.2, 0) is 9.53 Å². The molecule has 1 aromatic carbocycles. The van der Waals surface area contributed by atoms with Crippen LogP contribution in [0.3, 0.4) is 0 Å². The highest BCUT2D eigenvalue weighted by atomic mass is 35.5. The van der Waals surface area contributed by atoms with Gasteiger partial charge in [0.2, 0.25) is 5.91 Å². The summed E-state index contributed by atoms with van der Waals surface area (Å²) in [7, 11) is 1.67. The predicted molar refractivity (Wildman–Crippen MR) is 84.3 cm³/mol. The van der Waals surface area contributed by atoms with Crippen LogP contribution in [0.2, 0.25) is 5.02 Å². The van der Waals surface area contributed by atoms with E-state index in [1.165, 1.54) is 0 Å². The van der Waals surface area contributed by atoms with E-state index in [1.54, 1.807) is 7.11 Å². The van der Waals surface area contributed by atoms with Gasteiger partial charge in [-0.2, -0.15) is 0 Å². The van der Waals surface area contributed by atoms with Gasteiger partial charge in [-0.05, 0) is 25.3 Å². The molecular formula is C16H21ClN2O3. The lowest BCUT2D eigenvalue weighted by molar-refractivity contribution is -0.123. The molecule has 1 fully saturated rings. The Labute approximate surface area is 135 Å². The third kappa shape index (κ3) is 3.21. The number of halogens is 1. The van der Waals surface area contributed by atoms with E-state index in [-0.39, 0.29) is 24.1 Å². The van der Waals surface area contributed by atoms with Crippen molar-refractivity contribution in [3.8, 4) is 5.75 Å². The fraction of sp³-hybridized carbons (Fsp3) is 0.562. The fourth-order valence-corrected chi connectivity index (χ4v) is 3.31. The van der Waals surface area contributed by atoms with Crippen molar-refractivity contribution in [2.45, 2.75) is 37.5 Å². The number of fused-ring (bicyclic) bond motifs is 1. The second kappa shape index (κ2) is 6.86. The number of carbonyl (C=O) groups excluding carboxylic acids is 1. The van der Waals surface area contributed by atoms with E-state index < -0.39 is 0 Å². The molecule has 1 saturated heterocycles. The second-order valence-corrected chi connectivity index (χ2v) is 6.17. The molecule has 2 aliphatic rings. The molecule has 0 spiro atoms. The number of ether oxygens (including phenoxy) is 2. The first kappa shape index (κ1) is 15.6. The van der Waals surface area contributed by atoms with Crippen LogP contribution in [0.5, 0.6) is 5.75 Å². The van der Waals surface area contributed by atoms with Crippen molar-refractivity contribution in [2.24, 2.45) is 0 Å². The van der Waals surface area contributed by atoms with Gasteiger partial charge < -0.3 is 20.1 Å². The Morgan fingerprint density at radius 2 is 2.36 bits per heavy atom. The summed E-state index contributed by atoms with van der Waals surface area (Å²) >= 11 is 6.22. The molecule has 0 radical (unpaired) electrons. The summed E-state index contributed by atoms with van der Waals surface area (Å²) in [4.78, 5) is 12.5. The molecule has 0 bridgehead atoms. The molecule has 0 saturated carbocycles. The normalized spacial score (nSPS) is 27.6. The minimum absolute atomic E-state index is 0.0115. The van der Waals surface area contributed by atoms with Crippen molar-refractivity contribution in [3.05, 3.63) is 28.8 Å². The quantitative estimate of drug-likeness (QED) is 0.893. The highest BCUT2D eigenvalue weighted by Gasteiger charge is 2.31.